The Morgan fingerprint density at radius 1 is 1.07 bits per heavy atom. The average Bonchev–Trinajstić information content (AvgIpc) is 3.43. The molecule has 0 radical (unpaired) electrons. The highest BCUT2D eigenvalue weighted by molar-refractivity contribution is 7.99. The third-order valence-electron chi connectivity index (χ3n) is 8.22. The van der Waals surface area contributed by atoms with E-state index in [4.69, 9.17) is 17.0 Å². The molecule has 2 saturated heterocycles. The number of carbonyl (C=O) groups excluding carboxylic acids is 2. The van der Waals surface area contributed by atoms with Gasteiger partial charge in [-0.2, -0.15) is 0 Å². The van der Waals surface area contributed by atoms with E-state index in [9.17, 15) is 9.59 Å². The van der Waals surface area contributed by atoms with Crippen LogP contribution in [0.25, 0.3) is 0 Å². The minimum Gasteiger partial charge on any atom is -0.444 e. The highest BCUT2D eigenvalue weighted by Gasteiger charge is 2.38. The molecule has 0 unspecified atom stereocenters. The molecule has 2 amide bonds. The molecule has 2 aliphatic heterocycles. The van der Waals surface area contributed by atoms with Crippen LogP contribution in [-0.4, -0.2) is 75.2 Å². The van der Waals surface area contributed by atoms with Crippen LogP contribution in [0.4, 0.5) is 4.79 Å². The summed E-state index contributed by atoms with van der Waals surface area (Å²) in [5.41, 5.74) is 0.746. The standard InChI is InChI=1S/C31H48N4O3S2/c1-31(2,3)38-30(37)35-22-40-21-27(35)28(36)33-26(15-14-23-10-6-4-7-11-23)29(39)32-25-16-18-34(19-17-25)20-24-12-8-5-9-13-24/h5,8-9,12-13,23,25-27H,4,6-7,10-11,14-22H2,1-3H3,(H,32,39)(H,33,36)/t26-,27-/m1/s1. The highest BCUT2D eigenvalue weighted by atomic mass is 32.2. The van der Waals surface area contributed by atoms with Crippen molar-refractivity contribution >= 4 is 41.0 Å². The van der Waals surface area contributed by atoms with E-state index in [0.717, 1.165) is 50.3 Å². The normalized spacial score (nSPS) is 22.1. The van der Waals surface area contributed by atoms with Gasteiger partial charge in [-0.1, -0.05) is 74.7 Å². The maximum absolute atomic E-state index is 13.5. The second-order valence-electron chi connectivity index (χ2n) is 12.7. The molecular formula is C31H48N4O3S2. The lowest BCUT2D eigenvalue weighted by atomic mass is 9.85. The van der Waals surface area contributed by atoms with Gasteiger partial charge in [0.15, 0.2) is 0 Å². The van der Waals surface area contributed by atoms with Crippen molar-refractivity contribution in [3.63, 3.8) is 0 Å². The van der Waals surface area contributed by atoms with Crippen LogP contribution in [0.2, 0.25) is 0 Å². The van der Waals surface area contributed by atoms with Gasteiger partial charge in [-0.05, 0) is 57.9 Å². The first-order valence-corrected chi connectivity index (χ1v) is 16.7. The Bertz CT molecular complexity index is 973. The maximum Gasteiger partial charge on any atom is 0.411 e. The Balaban J connectivity index is 1.33. The Labute approximate surface area is 250 Å². The fourth-order valence-corrected chi connectivity index (χ4v) is 7.44. The monoisotopic (exact) mass is 588 g/mol. The molecule has 1 aromatic rings. The van der Waals surface area contributed by atoms with Crippen LogP contribution in [0.1, 0.15) is 84.1 Å². The lowest BCUT2D eigenvalue weighted by molar-refractivity contribution is -0.125. The summed E-state index contributed by atoms with van der Waals surface area (Å²) in [7, 11) is 0. The van der Waals surface area contributed by atoms with Crippen LogP contribution >= 0.6 is 24.0 Å². The first-order valence-electron chi connectivity index (χ1n) is 15.1. The molecule has 3 fully saturated rings. The fraction of sp³-hybridized carbons (Fsp3) is 0.710. The topological polar surface area (TPSA) is 73.9 Å². The van der Waals surface area contributed by atoms with Crippen molar-refractivity contribution in [2.24, 2.45) is 5.92 Å². The van der Waals surface area contributed by atoms with E-state index in [0.29, 0.717) is 23.6 Å². The van der Waals surface area contributed by atoms with Crippen LogP contribution in [-0.2, 0) is 16.1 Å². The van der Waals surface area contributed by atoms with Crippen molar-refractivity contribution in [1.29, 1.82) is 0 Å². The van der Waals surface area contributed by atoms with Crippen molar-refractivity contribution < 1.29 is 14.3 Å². The van der Waals surface area contributed by atoms with Crippen LogP contribution in [0.5, 0.6) is 0 Å². The summed E-state index contributed by atoms with van der Waals surface area (Å²) >= 11 is 7.54. The minimum atomic E-state index is -0.601. The van der Waals surface area contributed by atoms with E-state index >= 15 is 0 Å². The third kappa shape index (κ3) is 9.62. The van der Waals surface area contributed by atoms with Crippen LogP contribution in [0.15, 0.2) is 30.3 Å². The van der Waals surface area contributed by atoms with Crippen LogP contribution in [0, 0.1) is 5.92 Å². The van der Waals surface area contributed by atoms with E-state index < -0.39 is 17.7 Å². The number of nitrogens with zero attached hydrogens (tertiary/aromatic N) is 2. The molecule has 222 valence electrons. The number of ether oxygens (including phenoxy) is 1. The highest BCUT2D eigenvalue weighted by Crippen LogP contribution is 2.28. The molecule has 4 rings (SSSR count). The Hall–Kier alpha value is -1.84. The Morgan fingerprint density at radius 3 is 2.45 bits per heavy atom. The lowest BCUT2D eigenvalue weighted by Gasteiger charge is -2.35. The summed E-state index contributed by atoms with van der Waals surface area (Å²) in [4.78, 5) is 31.1. The second kappa shape index (κ2) is 14.9. The summed E-state index contributed by atoms with van der Waals surface area (Å²) in [6.45, 7) is 8.57. The number of hydrogen-bond acceptors (Lipinski definition) is 6. The molecule has 0 bridgehead atoms. The lowest BCUT2D eigenvalue weighted by Crippen LogP contribution is -2.55. The molecule has 0 aromatic heterocycles. The smallest absolute Gasteiger partial charge is 0.411 e. The van der Waals surface area contributed by atoms with Gasteiger partial charge in [0, 0.05) is 31.4 Å². The van der Waals surface area contributed by atoms with E-state index in [1.807, 2.05) is 20.8 Å². The number of benzene rings is 1. The summed E-state index contributed by atoms with van der Waals surface area (Å²) in [6, 6.07) is 10.2. The van der Waals surface area contributed by atoms with Crippen molar-refractivity contribution in [3.05, 3.63) is 35.9 Å². The number of likely N-dealkylation sites (tertiary alicyclic amines) is 1. The SMILES string of the molecule is CC(C)(C)OC(=O)N1CSC[C@@H]1C(=O)N[C@H](CCC1CCCCC1)C(=S)NC1CCN(Cc2ccccc2)CC1. The zero-order valence-electron chi connectivity index (χ0n) is 24.5. The average molecular weight is 589 g/mol. The molecule has 3 aliphatic rings. The summed E-state index contributed by atoms with van der Waals surface area (Å²) in [5.74, 6) is 1.61. The number of thiocarbonyl (C=S) groups is 1. The molecule has 7 nitrogen and oxygen atoms in total. The number of carbonyl (C=O) groups is 2. The van der Waals surface area contributed by atoms with E-state index in [2.05, 4.69) is 45.9 Å². The number of piperidine rings is 1. The molecule has 9 heteroatoms. The largest absolute Gasteiger partial charge is 0.444 e. The van der Waals surface area contributed by atoms with Gasteiger partial charge in [0.2, 0.25) is 5.91 Å². The molecule has 1 saturated carbocycles. The van der Waals surface area contributed by atoms with Gasteiger partial charge in [0.25, 0.3) is 0 Å². The molecule has 0 spiro atoms. The summed E-state index contributed by atoms with van der Waals surface area (Å²) in [6.07, 6.45) is 10.0. The third-order valence-corrected chi connectivity index (χ3v) is 9.63. The van der Waals surface area contributed by atoms with E-state index in [-0.39, 0.29) is 11.9 Å². The Morgan fingerprint density at radius 2 is 1.77 bits per heavy atom. The fourth-order valence-electron chi connectivity index (χ4n) is 5.95. The van der Waals surface area contributed by atoms with Crippen LogP contribution < -0.4 is 10.6 Å². The van der Waals surface area contributed by atoms with Gasteiger partial charge in [0.1, 0.15) is 11.6 Å². The number of thioether (sulfide) groups is 1. The van der Waals surface area contributed by atoms with E-state index in [1.165, 1.54) is 37.7 Å². The number of rotatable bonds is 9. The van der Waals surface area contributed by atoms with Gasteiger partial charge >= 0.3 is 6.09 Å². The molecule has 1 aliphatic carbocycles. The zero-order valence-corrected chi connectivity index (χ0v) is 26.2. The van der Waals surface area contributed by atoms with Crippen LogP contribution in [0.3, 0.4) is 0 Å². The quantitative estimate of drug-likeness (QED) is 0.357. The van der Waals surface area contributed by atoms with Crippen molar-refractivity contribution in [2.45, 2.75) is 109 Å². The van der Waals surface area contributed by atoms with Gasteiger partial charge < -0.3 is 15.4 Å². The van der Waals surface area contributed by atoms with Gasteiger partial charge in [-0.25, -0.2) is 4.79 Å². The van der Waals surface area contributed by atoms with Crippen molar-refractivity contribution in [3.8, 4) is 0 Å². The van der Waals surface area contributed by atoms with Crippen molar-refractivity contribution in [1.82, 2.24) is 20.4 Å². The molecule has 2 N–H and O–H groups in total. The molecule has 2 heterocycles. The zero-order chi connectivity index (χ0) is 28.5. The Kier molecular flexibility index (Phi) is 11.6. The second-order valence-corrected chi connectivity index (χ2v) is 14.1. The molecular weight excluding hydrogens is 541 g/mol. The maximum atomic E-state index is 13.5. The van der Waals surface area contributed by atoms with Gasteiger partial charge in [-0.3, -0.25) is 14.6 Å². The summed E-state index contributed by atoms with van der Waals surface area (Å²) < 4.78 is 5.58. The number of amides is 2. The number of hydrogen-bond donors (Lipinski definition) is 2. The molecule has 2 atom stereocenters. The van der Waals surface area contributed by atoms with E-state index in [1.54, 1.807) is 16.7 Å². The predicted octanol–water partition coefficient (Wildman–Crippen LogP) is 5.72. The minimum absolute atomic E-state index is 0.133. The number of nitrogens with one attached hydrogen (secondary N) is 2. The van der Waals surface area contributed by atoms with Gasteiger partial charge in [0.05, 0.1) is 16.9 Å². The first-order chi connectivity index (χ1) is 19.2. The predicted molar refractivity (Wildman–Crippen MR) is 167 cm³/mol. The van der Waals surface area contributed by atoms with Gasteiger partial charge in [-0.15, -0.1) is 11.8 Å². The molecule has 1 aromatic carbocycles. The molecule has 40 heavy (non-hydrogen) atoms. The van der Waals surface area contributed by atoms with Crippen molar-refractivity contribution in [2.75, 3.05) is 24.7 Å². The summed E-state index contributed by atoms with van der Waals surface area (Å²) in [5, 5.41) is 6.89. The first kappa shape index (κ1) is 31.1.